The molecule has 2 saturated heterocycles. The Morgan fingerprint density at radius 1 is 1.24 bits per heavy atom. The molecule has 0 radical (unpaired) electrons. The highest BCUT2D eigenvalue weighted by molar-refractivity contribution is 7.91. The van der Waals surface area contributed by atoms with Gasteiger partial charge >= 0.3 is 6.03 Å². The number of urea groups is 1. The fourth-order valence-corrected chi connectivity index (χ4v) is 6.68. The van der Waals surface area contributed by atoms with E-state index in [-0.39, 0.29) is 32.5 Å². The number of carbonyl (C=O) groups excluding carboxylic acids is 2. The molecule has 2 aliphatic rings. The number of aromatic nitrogens is 1. The Labute approximate surface area is 205 Å². The number of rotatable bonds is 6. The molecule has 2 aromatic carbocycles. The molecular weight excluding hydrogens is 500 g/mol. The Hall–Kier alpha value is -2.57. The van der Waals surface area contributed by atoms with Gasteiger partial charge in [-0.05, 0) is 36.8 Å². The van der Waals surface area contributed by atoms with Gasteiger partial charge in [0, 0.05) is 19.1 Å². The lowest BCUT2D eigenvalue weighted by molar-refractivity contribution is 0.0332. The maximum atomic E-state index is 12.9. The number of benzene rings is 2. The third-order valence-electron chi connectivity index (χ3n) is 5.95. The molecule has 2 bridgehead atoms. The zero-order valence-electron chi connectivity index (χ0n) is 17.9. The maximum Gasteiger partial charge on any atom is 0.327 e. The number of halogens is 1. The molecule has 2 aliphatic heterocycles. The van der Waals surface area contributed by atoms with Crippen LogP contribution in [0.15, 0.2) is 47.4 Å². The number of nitrogens with zero attached hydrogens (tertiary/aromatic N) is 2. The van der Waals surface area contributed by atoms with Crippen LogP contribution in [-0.4, -0.2) is 67.8 Å². The van der Waals surface area contributed by atoms with Crippen LogP contribution in [0.5, 0.6) is 0 Å². The number of imide groups is 1. The number of amides is 3. The molecule has 12 heteroatoms. The maximum absolute atomic E-state index is 12.9. The van der Waals surface area contributed by atoms with E-state index in [1.54, 1.807) is 30.3 Å². The van der Waals surface area contributed by atoms with Gasteiger partial charge in [0.05, 0.1) is 44.2 Å². The minimum absolute atomic E-state index is 0.0260. The van der Waals surface area contributed by atoms with Crippen LogP contribution in [0.3, 0.4) is 0 Å². The molecule has 0 aliphatic carbocycles. The van der Waals surface area contributed by atoms with Crippen molar-refractivity contribution in [1.29, 1.82) is 0 Å². The Balaban J connectivity index is 1.24. The first kappa shape index (κ1) is 23.2. The van der Waals surface area contributed by atoms with Gasteiger partial charge in [-0.25, -0.2) is 18.2 Å². The number of thiazole rings is 1. The number of ether oxygens (including phenoxy) is 1. The molecule has 3 heterocycles. The van der Waals surface area contributed by atoms with E-state index >= 15 is 0 Å². The molecule has 2 atom stereocenters. The van der Waals surface area contributed by atoms with Gasteiger partial charge < -0.3 is 4.74 Å². The number of hydrogen-bond donors (Lipinski definition) is 2. The average molecular weight is 521 g/mol. The minimum atomic E-state index is -3.48. The number of sulfone groups is 1. The van der Waals surface area contributed by atoms with Gasteiger partial charge in [0.25, 0.3) is 5.91 Å². The summed E-state index contributed by atoms with van der Waals surface area (Å²) in [5.41, 5.74) is 0.721. The first-order valence-electron chi connectivity index (χ1n) is 10.6. The Morgan fingerprint density at radius 2 is 2.06 bits per heavy atom. The van der Waals surface area contributed by atoms with Gasteiger partial charge in [0.15, 0.2) is 15.0 Å². The van der Waals surface area contributed by atoms with Crippen LogP contribution >= 0.6 is 22.9 Å². The van der Waals surface area contributed by atoms with Gasteiger partial charge in [-0.1, -0.05) is 35.1 Å². The van der Waals surface area contributed by atoms with Crippen molar-refractivity contribution in [2.24, 2.45) is 0 Å². The minimum Gasteiger partial charge on any atom is -0.375 e. The predicted molar refractivity (Wildman–Crippen MR) is 129 cm³/mol. The van der Waals surface area contributed by atoms with Crippen molar-refractivity contribution >= 4 is 60.1 Å². The zero-order valence-corrected chi connectivity index (χ0v) is 20.3. The molecule has 3 amide bonds. The number of fused-ring (bicyclic) bond motifs is 3. The highest BCUT2D eigenvalue weighted by atomic mass is 35.5. The molecule has 2 unspecified atom stereocenters. The van der Waals surface area contributed by atoms with E-state index in [9.17, 15) is 18.0 Å². The third-order valence-corrected chi connectivity index (χ3v) is 8.90. The first-order chi connectivity index (χ1) is 16.3. The van der Waals surface area contributed by atoms with Crippen LogP contribution < -0.4 is 10.6 Å². The van der Waals surface area contributed by atoms with Crippen molar-refractivity contribution in [2.75, 3.05) is 30.8 Å². The van der Waals surface area contributed by atoms with Gasteiger partial charge in [-0.2, -0.15) is 0 Å². The SMILES string of the molecule is O=C(NC(=O)c1ccccc1Cl)Nc1nc2ccc(S(=O)(=O)CCN3CC4CC3CO4)cc2s1. The monoisotopic (exact) mass is 520 g/mol. The molecule has 2 N–H and O–H groups in total. The van der Waals surface area contributed by atoms with Gasteiger partial charge in [0.2, 0.25) is 0 Å². The van der Waals surface area contributed by atoms with E-state index in [2.05, 4.69) is 20.5 Å². The van der Waals surface area contributed by atoms with E-state index in [1.165, 1.54) is 12.1 Å². The van der Waals surface area contributed by atoms with Crippen LogP contribution in [-0.2, 0) is 14.6 Å². The number of carbonyl (C=O) groups is 2. The Bertz CT molecular complexity index is 1380. The summed E-state index contributed by atoms with van der Waals surface area (Å²) >= 11 is 7.11. The number of anilines is 1. The molecule has 0 saturated carbocycles. The highest BCUT2D eigenvalue weighted by Crippen LogP contribution is 2.30. The second kappa shape index (κ2) is 9.23. The average Bonchev–Trinajstić information content (AvgIpc) is 3.52. The summed E-state index contributed by atoms with van der Waals surface area (Å²) < 4.78 is 32.0. The molecule has 178 valence electrons. The van der Waals surface area contributed by atoms with Crippen molar-refractivity contribution in [1.82, 2.24) is 15.2 Å². The normalized spacial score (nSPS) is 20.0. The standard InChI is InChI=1S/C22H21ClN4O5S2/c23-17-4-2-1-3-16(17)20(28)25-21(29)26-22-24-18-6-5-15(10-19(18)33-22)34(30,31)8-7-27-11-14-9-13(27)12-32-14/h1-6,10,13-14H,7-9,11-12H2,(H2,24,25,26,28,29). The second-order valence-electron chi connectivity index (χ2n) is 8.20. The fraction of sp³-hybridized carbons (Fsp3) is 0.318. The summed E-state index contributed by atoms with van der Waals surface area (Å²) in [7, 11) is -3.48. The van der Waals surface area contributed by atoms with Gasteiger partial charge in [0.1, 0.15) is 0 Å². The molecule has 5 rings (SSSR count). The molecule has 2 fully saturated rings. The molecule has 3 aromatic rings. The quantitative estimate of drug-likeness (QED) is 0.512. The lowest BCUT2D eigenvalue weighted by Gasteiger charge is -2.26. The van der Waals surface area contributed by atoms with E-state index in [0.717, 1.165) is 24.3 Å². The van der Waals surface area contributed by atoms with Crippen LogP contribution in [0.2, 0.25) is 5.02 Å². The molecular formula is C22H21ClN4O5S2. The summed E-state index contributed by atoms with van der Waals surface area (Å²) in [5, 5.41) is 5.18. The number of likely N-dealkylation sites (tertiary alicyclic amines) is 1. The smallest absolute Gasteiger partial charge is 0.327 e. The highest BCUT2D eigenvalue weighted by Gasteiger charge is 2.39. The van der Waals surface area contributed by atoms with Crippen LogP contribution in [0.4, 0.5) is 9.93 Å². The fourth-order valence-electron chi connectivity index (χ4n) is 4.20. The van der Waals surface area contributed by atoms with Crippen LogP contribution in [0.1, 0.15) is 16.8 Å². The van der Waals surface area contributed by atoms with E-state index in [0.29, 0.717) is 29.4 Å². The zero-order chi connectivity index (χ0) is 23.9. The summed E-state index contributed by atoms with van der Waals surface area (Å²) in [6, 6.07) is 10.6. The molecule has 9 nitrogen and oxygen atoms in total. The topological polar surface area (TPSA) is 118 Å². The second-order valence-corrected chi connectivity index (χ2v) is 11.7. The molecule has 0 spiro atoms. The Kier molecular flexibility index (Phi) is 6.30. The Morgan fingerprint density at radius 3 is 2.79 bits per heavy atom. The van der Waals surface area contributed by atoms with Gasteiger partial charge in [-0.3, -0.25) is 20.3 Å². The lowest BCUT2D eigenvalue weighted by atomic mass is 10.2. The number of nitrogens with one attached hydrogen (secondary N) is 2. The van der Waals surface area contributed by atoms with Crippen LogP contribution in [0.25, 0.3) is 10.2 Å². The number of hydrogen-bond acceptors (Lipinski definition) is 8. The summed E-state index contributed by atoms with van der Waals surface area (Å²) in [6.45, 7) is 1.93. The van der Waals surface area contributed by atoms with E-state index < -0.39 is 21.8 Å². The molecule has 34 heavy (non-hydrogen) atoms. The third kappa shape index (κ3) is 4.80. The van der Waals surface area contributed by atoms with Gasteiger partial charge in [-0.15, -0.1) is 0 Å². The van der Waals surface area contributed by atoms with E-state index in [1.807, 2.05) is 0 Å². The van der Waals surface area contributed by atoms with Crippen molar-refractivity contribution in [2.45, 2.75) is 23.5 Å². The summed E-state index contributed by atoms with van der Waals surface area (Å²) in [5.74, 6) is -0.617. The number of morpholine rings is 1. The van der Waals surface area contributed by atoms with Crippen molar-refractivity contribution in [3.05, 3.63) is 53.1 Å². The van der Waals surface area contributed by atoms with Crippen molar-refractivity contribution in [3.8, 4) is 0 Å². The molecule has 1 aromatic heterocycles. The summed E-state index contributed by atoms with van der Waals surface area (Å²) in [6.07, 6.45) is 1.20. The van der Waals surface area contributed by atoms with Crippen molar-refractivity contribution < 1.29 is 22.7 Å². The van der Waals surface area contributed by atoms with E-state index in [4.69, 9.17) is 16.3 Å². The van der Waals surface area contributed by atoms with Crippen LogP contribution in [0, 0.1) is 0 Å². The largest absolute Gasteiger partial charge is 0.375 e. The van der Waals surface area contributed by atoms with Crippen molar-refractivity contribution in [3.63, 3.8) is 0 Å². The first-order valence-corrected chi connectivity index (χ1v) is 13.5. The lowest BCUT2D eigenvalue weighted by Crippen LogP contribution is -2.39. The summed E-state index contributed by atoms with van der Waals surface area (Å²) in [4.78, 5) is 31.2. The predicted octanol–water partition coefficient (Wildman–Crippen LogP) is 3.16.